The van der Waals surface area contributed by atoms with Gasteiger partial charge in [0, 0.05) is 25.8 Å². The van der Waals surface area contributed by atoms with Gasteiger partial charge >= 0.3 is 10.2 Å². The van der Waals surface area contributed by atoms with Crippen molar-refractivity contribution < 1.29 is 8.42 Å². The molecule has 0 saturated carbocycles. The van der Waals surface area contributed by atoms with Gasteiger partial charge in [-0.1, -0.05) is 13.8 Å². The molecule has 6 nitrogen and oxygen atoms in total. The number of rotatable bonds is 8. The minimum atomic E-state index is -3.50. The minimum Gasteiger partial charge on any atom is -0.314 e. The van der Waals surface area contributed by atoms with Crippen LogP contribution in [0.4, 0.5) is 5.69 Å². The summed E-state index contributed by atoms with van der Waals surface area (Å²) >= 11 is 0. The first-order valence-electron chi connectivity index (χ1n) is 6.29. The first-order chi connectivity index (χ1) is 8.92. The molecule has 1 aromatic heterocycles. The van der Waals surface area contributed by atoms with E-state index in [4.69, 9.17) is 0 Å². The fraction of sp³-hybridized carbons (Fsp3) is 0.583. The fourth-order valence-corrected chi connectivity index (χ4v) is 2.41. The molecule has 0 unspecified atom stereocenters. The van der Waals surface area contributed by atoms with Crippen LogP contribution >= 0.6 is 0 Å². The van der Waals surface area contributed by atoms with Crippen molar-refractivity contribution in [1.82, 2.24) is 14.6 Å². The summed E-state index contributed by atoms with van der Waals surface area (Å²) in [6.07, 6.45) is 3.84. The van der Waals surface area contributed by atoms with E-state index in [0.717, 1.165) is 13.0 Å². The molecule has 1 aromatic rings. The summed E-state index contributed by atoms with van der Waals surface area (Å²) in [5.41, 5.74) is 0.467. The van der Waals surface area contributed by atoms with E-state index >= 15 is 0 Å². The van der Waals surface area contributed by atoms with E-state index in [1.165, 1.54) is 10.5 Å². The summed E-state index contributed by atoms with van der Waals surface area (Å²) in [5.74, 6) is 0. The molecule has 0 spiro atoms. The standard InChI is InChI=1S/C12H22N4O2S/c1-11(2)14-8-5-9-16(3)19(17,18)15-12-6-4-7-13-10-12/h4,6-7,10-11,14-15H,5,8-9H2,1-3H3. The summed E-state index contributed by atoms with van der Waals surface area (Å²) in [6.45, 7) is 5.38. The maximum Gasteiger partial charge on any atom is 0.301 e. The van der Waals surface area contributed by atoms with E-state index in [1.54, 1.807) is 25.4 Å². The number of anilines is 1. The molecule has 0 fully saturated rings. The molecule has 7 heteroatoms. The summed E-state index contributed by atoms with van der Waals surface area (Å²) in [5, 5.41) is 3.25. The van der Waals surface area contributed by atoms with Crippen LogP contribution in [0.15, 0.2) is 24.5 Å². The van der Waals surface area contributed by atoms with Crippen molar-refractivity contribution in [1.29, 1.82) is 0 Å². The lowest BCUT2D eigenvalue weighted by Crippen LogP contribution is -2.35. The van der Waals surface area contributed by atoms with Crippen molar-refractivity contribution in [3.8, 4) is 0 Å². The highest BCUT2D eigenvalue weighted by atomic mass is 32.2. The van der Waals surface area contributed by atoms with Crippen molar-refractivity contribution in [3.05, 3.63) is 24.5 Å². The zero-order valence-corrected chi connectivity index (χ0v) is 12.4. The van der Waals surface area contributed by atoms with E-state index < -0.39 is 10.2 Å². The van der Waals surface area contributed by atoms with Gasteiger partial charge in [0.15, 0.2) is 0 Å². The highest BCUT2D eigenvalue weighted by molar-refractivity contribution is 7.90. The monoisotopic (exact) mass is 286 g/mol. The number of pyridine rings is 1. The van der Waals surface area contributed by atoms with Gasteiger partial charge in [-0.15, -0.1) is 0 Å². The van der Waals surface area contributed by atoms with Gasteiger partial charge in [0.25, 0.3) is 0 Å². The third-order valence-electron chi connectivity index (χ3n) is 2.52. The Kier molecular flexibility index (Phi) is 6.20. The van der Waals surface area contributed by atoms with Gasteiger partial charge in [-0.25, -0.2) is 0 Å². The maximum absolute atomic E-state index is 12.0. The van der Waals surface area contributed by atoms with Crippen molar-refractivity contribution >= 4 is 15.9 Å². The fourth-order valence-electron chi connectivity index (χ4n) is 1.46. The number of nitrogens with zero attached hydrogens (tertiary/aromatic N) is 2. The van der Waals surface area contributed by atoms with Crippen LogP contribution in [0, 0.1) is 0 Å². The lowest BCUT2D eigenvalue weighted by Gasteiger charge is -2.18. The van der Waals surface area contributed by atoms with Gasteiger partial charge in [-0.05, 0) is 25.1 Å². The van der Waals surface area contributed by atoms with Gasteiger partial charge in [0.05, 0.1) is 11.9 Å². The second kappa shape index (κ2) is 7.42. The van der Waals surface area contributed by atoms with Crippen LogP contribution in [-0.4, -0.2) is 43.9 Å². The second-order valence-corrected chi connectivity index (χ2v) is 6.41. The molecule has 1 rings (SSSR count). The molecule has 108 valence electrons. The third-order valence-corrected chi connectivity index (χ3v) is 4.02. The highest BCUT2D eigenvalue weighted by Crippen LogP contribution is 2.08. The molecule has 0 radical (unpaired) electrons. The van der Waals surface area contributed by atoms with Crippen LogP contribution in [0.25, 0.3) is 0 Å². The molecular formula is C12H22N4O2S. The molecule has 0 amide bonds. The molecule has 2 N–H and O–H groups in total. The predicted octanol–water partition coefficient (Wildman–Crippen LogP) is 1.06. The molecular weight excluding hydrogens is 264 g/mol. The van der Waals surface area contributed by atoms with Crippen molar-refractivity contribution in [2.75, 3.05) is 24.9 Å². The van der Waals surface area contributed by atoms with Gasteiger partial charge < -0.3 is 5.32 Å². The lowest BCUT2D eigenvalue weighted by molar-refractivity contribution is 0.451. The molecule has 0 bridgehead atoms. The van der Waals surface area contributed by atoms with E-state index in [-0.39, 0.29) is 0 Å². The Bertz CT molecular complexity index is 462. The maximum atomic E-state index is 12.0. The molecule has 0 aliphatic rings. The minimum absolute atomic E-state index is 0.412. The van der Waals surface area contributed by atoms with Crippen molar-refractivity contribution in [2.45, 2.75) is 26.3 Å². The Labute approximate surface area is 115 Å². The normalized spacial score (nSPS) is 12.1. The van der Waals surface area contributed by atoms with Crippen LogP contribution in [0.3, 0.4) is 0 Å². The summed E-state index contributed by atoms with van der Waals surface area (Å²) in [7, 11) is -1.93. The molecule has 0 aliphatic carbocycles. The third kappa shape index (κ3) is 6.00. The zero-order valence-electron chi connectivity index (χ0n) is 11.6. The zero-order chi connectivity index (χ0) is 14.3. The van der Waals surface area contributed by atoms with Crippen molar-refractivity contribution in [2.24, 2.45) is 0 Å². The summed E-state index contributed by atoms with van der Waals surface area (Å²) in [4.78, 5) is 3.87. The van der Waals surface area contributed by atoms with E-state index in [9.17, 15) is 8.42 Å². The first kappa shape index (κ1) is 15.9. The Hall–Kier alpha value is -1.18. The molecule has 19 heavy (non-hydrogen) atoms. The van der Waals surface area contributed by atoms with Crippen LogP contribution in [0.2, 0.25) is 0 Å². The second-order valence-electron chi connectivity index (χ2n) is 4.63. The van der Waals surface area contributed by atoms with Gasteiger partial charge in [0.1, 0.15) is 0 Å². The Morgan fingerprint density at radius 1 is 1.42 bits per heavy atom. The highest BCUT2D eigenvalue weighted by Gasteiger charge is 2.16. The molecule has 0 saturated heterocycles. The van der Waals surface area contributed by atoms with E-state index in [2.05, 4.69) is 28.9 Å². The van der Waals surface area contributed by atoms with Gasteiger partial charge in [-0.2, -0.15) is 12.7 Å². The van der Waals surface area contributed by atoms with Gasteiger partial charge in [0.2, 0.25) is 0 Å². The average Bonchev–Trinajstić information content (AvgIpc) is 2.34. The van der Waals surface area contributed by atoms with E-state index in [0.29, 0.717) is 18.3 Å². The van der Waals surface area contributed by atoms with Crippen LogP contribution < -0.4 is 10.0 Å². The SMILES string of the molecule is CC(C)NCCCN(C)S(=O)(=O)Nc1cccnc1. The predicted molar refractivity (Wildman–Crippen MR) is 77.2 cm³/mol. The molecule has 0 aliphatic heterocycles. The first-order valence-corrected chi connectivity index (χ1v) is 7.73. The molecule has 0 atom stereocenters. The van der Waals surface area contributed by atoms with Crippen molar-refractivity contribution in [3.63, 3.8) is 0 Å². The lowest BCUT2D eigenvalue weighted by atomic mass is 10.3. The van der Waals surface area contributed by atoms with E-state index in [1.807, 2.05) is 0 Å². The number of hydrogen-bond acceptors (Lipinski definition) is 4. The summed E-state index contributed by atoms with van der Waals surface area (Å²) < 4.78 is 27.8. The molecule has 1 heterocycles. The average molecular weight is 286 g/mol. The smallest absolute Gasteiger partial charge is 0.301 e. The van der Waals surface area contributed by atoms with Crippen LogP contribution in [0.1, 0.15) is 20.3 Å². The quantitative estimate of drug-likeness (QED) is 0.701. The van der Waals surface area contributed by atoms with Crippen LogP contribution in [0.5, 0.6) is 0 Å². The largest absolute Gasteiger partial charge is 0.314 e. The summed E-state index contributed by atoms with van der Waals surface area (Å²) in [6, 6.07) is 3.76. The Balaban J connectivity index is 2.44. The Morgan fingerprint density at radius 3 is 2.74 bits per heavy atom. The molecule has 0 aromatic carbocycles. The topological polar surface area (TPSA) is 74.3 Å². The number of nitrogens with one attached hydrogen (secondary N) is 2. The Morgan fingerprint density at radius 2 is 2.16 bits per heavy atom. The number of hydrogen-bond donors (Lipinski definition) is 2. The van der Waals surface area contributed by atoms with Crippen LogP contribution in [-0.2, 0) is 10.2 Å². The number of aromatic nitrogens is 1. The van der Waals surface area contributed by atoms with Gasteiger partial charge in [-0.3, -0.25) is 9.71 Å².